The highest BCUT2D eigenvalue weighted by atomic mass is 32.1. The average molecular weight is 316 g/mol. The zero-order chi connectivity index (χ0) is 14.1. The molecule has 1 fully saturated rings. The van der Waals surface area contributed by atoms with Crippen molar-refractivity contribution in [2.75, 3.05) is 19.7 Å². The molecule has 0 unspecified atom stereocenters. The van der Waals surface area contributed by atoms with Gasteiger partial charge in [-0.3, -0.25) is 4.90 Å². The topological polar surface area (TPSA) is 25.4 Å². The van der Waals surface area contributed by atoms with Crippen molar-refractivity contribution in [3.05, 3.63) is 51.8 Å². The van der Waals surface area contributed by atoms with Crippen LogP contribution in [0.5, 0.6) is 0 Å². The molecule has 0 radical (unpaired) electrons. The number of nitrogens with zero attached hydrogens (tertiary/aromatic N) is 2. The molecule has 5 heteroatoms. The van der Waals surface area contributed by atoms with Crippen LogP contribution in [0.25, 0.3) is 10.1 Å². The fourth-order valence-electron chi connectivity index (χ4n) is 2.79. The predicted octanol–water partition coefficient (Wildman–Crippen LogP) is 3.93. The summed E-state index contributed by atoms with van der Waals surface area (Å²) in [4.78, 5) is 6.87. The maximum absolute atomic E-state index is 5.87. The minimum absolute atomic E-state index is 0.128. The SMILES string of the molecule is c1ccc2c(CN3CCO[C@@H](c4nccs4)C3)csc2c1. The quantitative estimate of drug-likeness (QED) is 0.732. The van der Waals surface area contributed by atoms with E-state index in [4.69, 9.17) is 4.74 Å². The summed E-state index contributed by atoms with van der Waals surface area (Å²) in [6.45, 7) is 3.70. The van der Waals surface area contributed by atoms with Crippen molar-refractivity contribution in [3.63, 3.8) is 0 Å². The molecular formula is C16H16N2OS2. The van der Waals surface area contributed by atoms with Gasteiger partial charge in [0.1, 0.15) is 11.1 Å². The van der Waals surface area contributed by atoms with E-state index >= 15 is 0 Å². The lowest BCUT2D eigenvalue weighted by atomic mass is 10.1. The van der Waals surface area contributed by atoms with E-state index in [9.17, 15) is 0 Å². The third-order valence-corrected chi connectivity index (χ3v) is 5.71. The normalized spacial score (nSPS) is 20.1. The van der Waals surface area contributed by atoms with Crippen molar-refractivity contribution in [1.29, 1.82) is 0 Å². The summed E-state index contributed by atoms with van der Waals surface area (Å²) in [6.07, 6.45) is 1.98. The van der Waals surface area contributed by atoms with E-state index in [2.05, 4.69) is 39.5 Å². The Morgan fingerprint density at radius 3 is 3.14 bits per heavy atom. The van der Waals surface area contributed by atoms with Gasteiger partial charge in [0.05, 0.1) is 6.61 Å². The summed E-state index contributed by atoms with van der Waals surface area (Å²) < 4.78 is 7.24. The Balaban J connectivity index is 1.51. The number of benzene rings is 1. The van der Waals surface area contributed by atoms with Gasteiger partial charge in [0.2, 0.25) is 0 Å². The van der Waals surface area contributed by atoms with Crippen molar-refractivity contribution < 1.29 is 4.74 Å². The van der Waals surface area contributed by atoms with E-state index in [-0.39, 0.29) is 6.10 Å². The van der Waals surface area contributed by atoms with Crippen LogP contribution in [0.1, 0.15) is 16.7 Å². The molecule has 0 N–H and O–H groups in total. The first-order valence-electron chi connectivity index (χ1n) is 7.08. The first-order valence-corrected chi connectivity index (χ1v) is 8.84. The lowest BCUT2D eigenvalue weighted by Gasteiger charge is -2.31. The number of thiophene rings is 1. The Morgan fingerprint density at radius 1 is 1.29 bits per heavy atom. The summed E-state index contributed by atoms with van der Waals surface area (Å²) in [6, 6.07) is 8.65. The van der Waals surface area contributed by atoms with Crippen LogP contribution < -0.4 is 0 Å². The highest BCUT2D eigenvalue weighted by Crippen LogP contribution is 2.29. The predicted molar refractivity (Wildman–Crippen MR) is 87.9 cm³/mol. The molecule has 0 bridgehead atoms. The Bertz CT molecular complexity index is 723. The minimum Gasteiger partial charge on any atom is -0.368 e. The molecule has 1 atom stereocenters. The van der Waals surface area contributed by atoms with Gasteiger partial charge < -0.3 is 4.74 Å². The van der Waals surface area contributed by atoms with E-state index in [1.54, 1.807) is 11.3 Å². The maximum Gasteiger partial charge on any atom is 0.123 e. The standard InChI is InChI=1S/C16H16N2OS2/c1-2-4-15-13(3-1)12(11-21-15)9-18-6-7-19-14(10-18)16-17-5-8-20-16/h1-5,8,11,14H,6-7,9-10H2/t14-/m1/s1. The Kier molecular flexibility index (Phi) is 3.73. The Morgan fingerprint density at radius 2 is 2.24 bits per heavy atom. The molecule has 1 saturated heterocycles. The monoisotopic (exact) mass is 316 g/mol. The van der Waals surface area contributed by atoms with Crippen molar-refractivity contribution in [3.8, 4) is 0 Å². The second-order valence-electron chi connectivity index (χ2n) is 5.22. The molecule has 108 valence electrons. The van der Waals surface area contributed by atoms with Crippen LogP contribution in [-0.2, 0) is 11.3 Å². The fraction of sp³-hybridized carbons (Fsp3) is 0.312. The Labute approximate surface area is 131 Å². The lowest BCUT2D eigenvalue weighted by Crippen LogP contribution is -2.37. The van der Waals surface area contributed by atoms with Gasteiger partial charge >= 0.3 is 0 Å². The van der Waals surface area contributed by atoms with Crippen LogP contribution in [0, 0.1) is 0 Å². The fourth-order valence-corrected chi connectivity index (χ4v) is 4.42. The number of hydrogen-bond donors (Lipinski definition) is 0. The largest absolute Gasteiger partial charge is 0.368 e. The van der Waals surface area contributed by atoms with Gasteiger partial charge in [-0.05, 0) is 22.4 Å². The van der Waals surface area contributed by atoms with Crippen LogP contribution in [0.2, 0.25) is 0 Å². The van der Waals surface area contributed by atoms with E-state index < -0.39 is 0 Å². The van der Waals surface area contributed by atoms with Crippen molar-refractivity contribution in [2.24, 2.45) is 0 Å². The van der Waals surface area contributed by atoms with Crippen LogP contribution in [0.4, 0.5) is 0 Å². The van der Waals surface area contributed by atoms with E-state index in [0.29, 0.717) is 0 Å². The summed E-state index contributed by atoms with van der Waals surface area (Å²) in [7, 11) is 0. The lowest BCUT2D eigenvalue weighted by molar-refractivity contribution is -0.0328. The van der Waals surface area contributed by atoms with Gasteiger partial charge in [-0.2, -0.15) is 0 Å². The molecule has 0 amide bonds. The molecule has 0 spiro atoms. The third kappa shape index (κ3) is 2.74. The molecule has 3 aromatic rings. The van der Waals surface area contributed by atoms with Crippen LogP contribution in [0.3, 0.4) is 0 Å². The second-order valence-corrected chi connectivity index (χ2v) is 7.06. The second kappa shape index (κ2) is 5.85. The van der Waals surface area contributed by atoms with Gasteiger partial charge in [0, 0.05) is 35.9 Å². The maximum atomic E-state index is 5.87. The Hall–Kier alpha value is -1.27. The van der Waals surface area contributed by atoms with E-state index in [1.165, 1.54) is 15.6 Å². The molecule has 0 aliphatic carbocycles. The molecule has 1 aliphatic heterocycles. The summed E-state index contributed by atoms with van der Waals surface area (Å²) in [5.74, 6) is 0. The number of ether oxygens (including phenoxy) is 1. The molecule has 21 heavy (non-hydrogen) atoms. The van der Waals surface area contributed by atoms with Crippen molar-refractivity contribution >= 4 is 32.8 Å². The van der Waals surface area contributed by atoms with Gasteiger partial charge in [-0.15, -0.1) is 22.7 Å². The van der Waals surface area contributed by atoms with Crippen molar-refractivity contribution in [2.45, 2.75) is 12.6 Å². The highest BCUT2D eigenvalue weighted by Gasteiger charge is 2.24. The van der Waals surface area contributed by atoms with Crippen LogP contribution >= 0.6 is 22.7 Å². The van der Waals surface area contributed by atoms with Gasteiger partial charge in [0.15, 0.2) is 0 Å². The van der Waals surface area contributed by atoms with Gasteiger partial charge in [0.25, 0.3) is 0 Å². The summed E-state index contributed by atoms with van der Waals surface area (Å²) in [5.41, 5.74) is 1.43. The number of hydrogen-bond acceptors (Lipinski definition) is 5. The molecule has 4 rings (SSSR count). The zero-order valence-electron chi connectivity index (χ0n) is 11.6. The molecule has 1 aromatic carbocycles. The molecule has 3 heterocycles. The summed E-state index contributed by atoms with van der Waals surface area (Å²) >= 11 is 3.51. The van der Waals surface area contributed by atoms with E-state index in [1.807, 2.05) is 22.9 Å². The first-order chi connectivity index (χ1) is 10.4. The van der Waals surface area contributed by atoms with E-state index in [0.717, 1.165) is 31.2 Å². The zero-order valence-corrected chi connectivity index (χ0v) is 13.2. The number of morpholine rings is 1. The molecule has 1 aliphatic rings. The third-order valence-electron chi connectivity index (χ3n) is 3.83. The molecule has 2 aromatic heterocycles. The smallest absolute Gasteiger partial charge is 0.123 e. The van der Waals surface area contributed by atoms with Crippen LogP contribution in [-0.4, -0.2) is 29.6 Å². The highest BCUT2D eigenvalue weighted by molar-refractivity contribution is 7.17. The number of aromatic nitrogens is 1. The number of rotatable bonds is 3. The van der Waals surface area contributed by atoms with Crippen molar-refractivity contribution in [1.82, 2.24) is 9.88 Å². The summed E-state index contributed by atoms with van der Waals surface area (Å²) in [5, 5.41) is 6.79. The number of thiazole rings is 1. The van der Waals surface area contributed by atoms with Crippen LogP contribution in [0.15, 0.2) is 41.2 Å². The minimum atomic E-state index is 0.128. The molecular weight excluding hydrogens is 300 g/mol. The average Bonchev–Trinajstić information content (AvgIpc) is 3.18. The molecule has 3 nitrogen and oxygen atoms in total. The molecule has 0 saturated carbocycles. The number of fused-ring (bicyclic) bond motifs is 1. The first kappa shape index (κ1) is 13.4. The van der Waals surface area contributed by atoms with Gasteiger partial charge in [-0.1, -0.05) is 18.2 Å². The van der Waals surface area contributed by atoms with Gasteiger partial charge in [-0.25, -0.2) is 4.98 Å².